The fraction of sp³-hybridized carbons (Fsp3) is 0.294. The van der Waals surface area contributed by atoms with Crippen LogP contribution in [0.1, 0.15) is 40.8 Å². The molecule has 0 saturated carbocycles. The number of imidazole rings is 1. The number of hydrogen-bond donors (Lipinski definition) is 0. The van der Waals surface area contributed by atoms with Gasteiger partial charge in [0.2, 0.25) is 0 Å². The highest BCUT2D eigenvalue weighted by Gasteiger charge is 2.32. The molecular weight excluding hydrogens is 290 g/mol. The van der Waals surface area contributed by atoms with Crippen LogP contribution in [0.5, 0.6) is 0 Å². The summed E-state index contributed by atoms with van der Waals surface area (Å²) in [5.74, 6) is -0.0331. The van der Waals surface area contributed by atoms with Crippen molar-refractivity contribution in [3.8, 4) is 0 Å². The predicted molar refractivity (Wildman–Crippen MR) is 85.0 cm³/mol. The molecule has 1 aliphatic rings. The molecule has 1 saturated heterocycles. The third kappa shape index (κ3) is 2.36. The van der Waals surface area contributed by atoms with Gasteiger partial charge in [-0.25, -0.2) is 15.0 Å². The van der Waals surface area contributed by atoms with Gasteiger partial charge in [0.15, 0.2) is 0 Å². The monoisotopic (exact) mass is 307 g/mol. The van der Waals surface area contributed by atoms with E-state index in [-0.39, 0.29) is 11.9 Å². The molecular formula is C17H17N5O. The number of rotatable bonds is 2. The second kappa shape index (κ2) is 5.46. The van der Waals surface area contributed by atoms with E-state index >= 15 is 0 Å². The van der Waals surface area contributed by atoms with Gasteiger partial charge in [-0.2, -0.15) is 0 Å². The number of amides is 1. The molecule has 6 nitrogen and oxygen atoms in total. The van der Waals surface area contributed by atoms with Gasteiger partial charge in [-0.15, -0.1) is 0 Å². The molecule has 0 N–H and O–H groups in total. The molecule has 0 radical (unpaired) electrons. The summed E-state index contributed by atoms with van der Waals surface area (Å²) in [5, 5.41) is 0. The molecule has 1 aliphatic heterocycles. The summed E-state index contributed by atoms with van der Waals surface area (Å²) in [7, 11) is 0. The maximum atomic E-state index is 12.9. The zero-order valence-electron chi connectivity index (χ0n) is 12.9. The average molecular weight is 307 g/mol. The molecule has 3 aromatic heterocycles. The van der Waals surface area contributed by atoms with Crippen molar-refractivity contribution < 1.29 is 4.79 Å². The van der Waals surface area contributed by atoms with Crippen LogP contribution >= 0.6 is 0 Å². The highest BCUT2D eigenvalue weighted by Crippen LogP contribution is 2.31. The molecule has 1 unspecified atom stereocenters. The zero-order valence-corrected chi connectivity index (χ0v) is 12.9. The van der Waals surface area contributed by atoms with E-state index in [2.05, 4.69) is 15.0 Å². The van der Waals surface area contributed by atoms with Gasteiger partial charge in [-0.1, -0.05) is 6.07 Å². The zero-order chi connectivity index (χ0) is 15.8. The molecule has 1 amide bonds. The van der Waals surface area contributed by atoms with E-state index in [9.17, 15) is 4.79 Å². The SMILES string of the molecule is Cc1cccc2nc(C(=O)N3CCCC3c3ccncn3)cn12. The molecule has 0 bridgehead atoms. The molecule has 3 aromatic rings. The highest BCUT2D eigenvalue weighted by atomic mass is 16.2. The minimum absolute atomic E-state index is 0.0106. The van der Waals surface area contributed by atoms with Crippen molar-refractivity contribution in [2.75, 3.05) is 6.54 Å². The Hall–Kier alpha value is -2.76. The Kier molecular flexibility index (Phi) is 3.29. The maximum absolute atomic E-state index is 12.9. The summed E-state index contributed by atoms with van der Waals surface area (Å²) in [6, 6.07) is 7.75. The summed E-state index contributed by atoms with van der Waals surface area (Å²) in [5.41, 5.74) is 3.24. The number of aromatic nitrogens is 4. The van der Waals surface area contributed by atoms with Gasteiger partial charge in [-0.05, 0) is 38.0 Å². The van der Waals surface area contributed by atoms with E-state index in [4.69, 9.17) is 0 Å². The van der Waals surface area contributed by atoms with Crippen molar-refractivity contribution in [3.63, 3.8) is 0 Å². The molecule has 116 valence electrons. The lowest BCUT2D eigenvalue weighted by atomic mass is 10.1. The molecule has 23 heavy (non-hydrogen) atoms. The number of fused-ring (bicyclic) bond motifs is 1. The van der Waals surface area contributed by atoms with Crippen molar-refractivity contribution in [1.82, 2.24) is 24.3 Å². The first-order valence-corrected chi connectivity index (χ1v) is 7.75. The number of carbonyl (C=O) groups excluding carboxylic acids is 1. The molecule has 1 fully saturated rings. The second-order valence-electron chi connectivity index (χ2n) is 5.81. The molecule has 1 atom stereocenters. The number of likely N-dealkylation sites (tertiary alicyclic amines) is 1. The van der Waals surface area contributed by atoms with Crippen LogP contribution in [0.3, 0.4) is 0 Å². The number of carbonyl (C=O) groups is 1. The molecule has 6 heteroatoms. The van der Waals surface area contributed by atoms with E-state index < -0.39 is 0 Å². The Bertz CT molecular complexity index is 858. The summed E-state index contributed by atoms with van der Waals surface area (Å²) in [6.45, 7) is 2.74. The van der Waals surface area contributed by atoms with E-state index in [1.807, 2.05) is 46.7 Å². The van der Waals surface area contributed by atoms with Crippen molar-refractivity contribution in [2.24, 2.45) is 0 Å². The normalized spacial score (nSPS) is 17.8. The van der Waals surface area contributed by atoms with Gasteiger partial charge < -0.3 is 9.30 Å². The number of aryl methyl sites for hydroxylation is 1. The van der Waals surface area contributed by atoms with Gasteiger partial charge in [0.1, 0.15) is 17.7 Å². The fourth-order valence-corrected chi connectivity index (χ4v) is 3.21. The lowest BCUT2D eigenvalue weighted by Gasteiger charge is -2.23. The van der Waals surface area contributed by atoms with Crippen LogP contribution in [-0.4, -0.2) is 36.7 Å². The van der Waals surface area contributed by atoms with Crippen molar-refractivity contribution >= 4 is 11.6 Å². The number of pyridine rings is 1. The smallest absolute Gasteiger partial charge is 0.274 e. The van der Waals surface area contributed by atoms with Crippen LogP contribution in [0.25, 0.3) is 5.65 Å². The second-order valence-corrected chi connectivity index (χ2v) is 5.81. The minimum Gasteiger partial charge on any atom is -0.329 e. The third-order valence-electron chi connectivity index (χ3n) is 4.37. The highest BCUT2D eigenvalue weighted by molar-refractivity contribution is 5.93. The quantitative estimate of drug-likeness (QED) is 0.729. The Labute approximate surface area is 133 Å². The van der Waals surface area contributed by atoms with Crippen molar-refractivity contribution in [2.45, 2.75) is 25.8 Å². The number of nitrogens with zero attached hydrogens (tertiary/aromatic N) is 5. The Morgan fingerprint density at radius 3 is 3.00 bits per heavy atom. The first kappa shape index (κ1) is 13.9. The third-order valence-corrected chi connectivity index (χ3v) is 4.37. The van der Waals surface area contributed by atoms with Gasteiger partial charge in [-0.3, -0.25) is 4.79 Å². The lowest BCUT2D eigenvalue weighted by molar-refractivity contribution is 0.0727. The van der Waals surface area contributed by atoms with Gasteiger partial charge in [0, 0.05) is 24.6 Å². The topological polar surface area (TPSA) is 63.4 Å². The Morgan fingerprint density at radius 1 is 1.30 bits per heavy atom. The van der Waals surface area contributed by atoms with Crippen LogP contribution < -0.4 is 0 Å². The van der Waals surface area contributed by atoms with Crippen LogP contribution in [0.2, 0.25) is 0 Å². The standard InChI is InChI=1S/C17H17N5O/c1-12-4-2-6-16-20-14(10-22(12)16)17(23)21-9-3-5-15(21)13-7-8-18-11-19-13/h2,4,6-8,10-11,15H,3,5,9H2,1H3. The fourth-order valence-electron chi connectivity index (χ4n) is 3.21. The van der Waals surface area contributed by atoms with Crippen LogP contribution in [0.15, 0.2) is 43.0 Å². The van der Waals surface area contributed by atoms with E-state index in [0.717, 1.165) is 36.4 Å². The van der Waals surface area contributed by atoms with Crippen molar-refractivity contribution in [3.05, 3.63) is 60.1 Å². The molecule has 0 aliphatic carbocycles. The molecule has 0 spiro atoms. The minimum atomic E-state index is -0.0331. The maximum Gasteiger partial charge on any atom is 0.274 e. The Balaban J connectivity index is 1.68. The largest absolute Gasteiger partial charge is 0.329 e. The first-order chi connectivity index (χ1) is 11.2. The summed E-state index contributed by atoms with van der Waals surface area (Å²) in [6.07, 6.45) is 6.98. The van der Waals surface area contributed by atoms with Crippen LogP contribution in [-0.2, 0) is 0 Å². The summed E-state index contributed by atoms with van der Waals surface area (Å²) >= 11 is 0. The number of hydrogen-bond acceptors (Lipinski definition) is 4. The van der Waals surface area contributed by atoms with E-state index in [1.165, 1.54) is 6.33 Å². The van der Waals surface area contributed by atoms with E-state index in [0.29, 0.717) is 5.69 Å². The van der Waals surface area contributed by atoms with Crippen LogP contribution in [0, 0.1) is 6.92 Å². The van der Waals surface area contributed by atoms with Crippen LogP contribution in [0.4, 0.5) is 0 Å². The predicted octanol–water partition coefficient (Wildman–Crippen LogP) is 2.41. The first-order valence-electron chi connectivity index (χ1n) is 7.75. The molecule has 4 heterocycles. The lowest BCUT2D eigenvalue weighted by Crippen LogP contribution is -2.31. The van der Waals surface area contributed by atoms with Gasteiger partial charge in [0.25, 0.3) is 5.91 Å². The van der Waals surface area contributed by atoms with Gasteiger partial charge in [0.05, 0.1) is 11.7 Å². The molecule has 4 rings (SSSR count). The Morgan fingerprint density at radius 2 is 2.22 bits per heavy atom. The average Bonchev–Trinajstić information content (AvgIpc) is 3.23. The summed E-state index contributed by atoms with van der Waals surface area (Å²) < 4.78 is 1.95. The van der Waals surface area contributed by atoms with Crippen molar-refractivity contribution in [1.29, 1.82) is 0 Å². The van der Waals surface area contributed by atoms with Gasteiger partial charge >= 0.3 is 0 Å². The van der Waals surface area contributed by atoms with E-state index in [1.54, 1.807) is 6.20 Å². The summed E-state index contributed by atoms with van der Waals surface area (Å²) in [4.78, 5) is 27.5. The molecule has 0 aromatic carbocycles.